The van der Waals surface area contributed by atoms with E-state index in [2.05, 4.69) is 149 Å². The molecule has 3 heterocycles. The Kier molecular flexibility index (Phi) is 12.7. The first-order chi connectivity index (χ1) is 32.6. The van der Waals surface area contributed by atoms with E-state index in [4.69, 9.17) is 9.40 Å². The second kappa shape index (κ2) is 18.6. The molecule has 0 bridgehead atoms. The predicted octanol–water partition coefficient (Wildman–Crippen LogP) is 17.5. The number of rotatable bonds is 6. The first-order valence-corrected chi connectivity index (χ1v) is 23.1. The molecule has 0 aliphatic rings. The Labute approximate surface area is 414 Å². The van der Waals surface area contributed by atoms with Crippen molar-refractivity contribution in [2.75, 3.05) is 0 Å². The van der Waals surface area contributed by atoms with Crippen molar-refractivity contribution in [1.29, 1.82) is 0 Å². The molecule has 0 aliphatic heterocycles. The Balaban J connectivity index is 0.000000296. The molecule has 0 unspecified atom stereocenters. The quantitative estimate of drug-likeness (QED) is 0.156. The van der Waals surface area contributed by atoms with Crippen molar-refractivity contribution in [3.63, 3.8) is 0 Å². The van der Waals surface area contributed by atoms with Crippen LogP contribution < -0.4 is 0 Å². The van der Waals surface area contributed by atoms with Gasteiger partial charge in [-0.1, -0.05) is 132 Å². The Bertz CT molecular complexity index is 3630. The van der Waals surface area contributed by atoms with Crippen molar-refractivity contribution in [2.45, 2.75) is 71.9 Å². The van der Waals surface area contributed by atoms with E-state index in [0.29, 0.717) is 33.3 Å². The van der Waals surface area contributed by atoms with E-state index in [-0.39, 0.29) is 37.4 Å². The molecule has 0 saturated heterocycles. The molecule has 347 valence electrons. The molecule has 3 aromatic heterocycles. The average molecular weight is 1090 g/mol. The number of hydrogen-bond donors (Lipinski definition) is 0. The summed E-state index contributed by atoms with van der Waals surface area (Å²) in [7, 11) is 0. The van der Waals surface area contributed by atoms with Crippen LogP contribution in [0.3, 0.4) is 0 Å². The van der Waals surface area contributed by atoms with Gasteiger partial charge in [0.1, 0.15) is 5.58 Å². The molecule has 4 nitrogen and oxygen atoms in total. The third kappa shape index (κ3) is 9.00. The maximum atomic E-state index is 13.6. The number of pyridine rings is 1. The monoisotopic (exact) mass is 1090 g/mol. The zero-order valence-corrected chi connectivity index (χ0v) is 41.9. The van der Waals surface area contributed by atoms with Gasteiger partial charge < -0.3 is 14.0 Å². The first-order valence-electron chi connectivity index (χ1n) is 23.1. The van der Waals surface area contributed by atoms with Gasteiger partial charge in [-0.25, -0.2) is 0 Å². The fourth-order valence-corrected chi connectivity index (χ4v) is 9.26. The third-order valence-electron chi connectivity index (χ3n) is 12.8. The molecule has 11 rings (SSSR count). The van der Waals surface area contributed by atoms with Crippen LogP contribution in [-0.4, -0.2) is 14.5 Å². The maximum absolute atomic E-state index is 13.6. The van der Waals surface area contributed by atoms with Gasteiger partial charge >= 0.3 is 6.18 Å². The summed E-state index contributed by atoms with van der Waals surface area (Å²) in [6, 6.07) is 57.8. The number of furan rings is 1. The Morgan fingerprint density at radius 2 is 1.30 bits per heavy atom. The average Bonchev–Trinajstić information content (AvgIpc) is 3.91. The van der Waals surface area contributed by atoms with Gasteiger partial charge in [0.15, 0.2) is 0 Å². The number of imidazole rings is 1. The molecule has 8 heteroatoms. The summed E-state index contributed by atoms with van der Waals surface area (Å²) in [5.74, 6) is 1.05. The molecule has 0 N–H and O–H groups in total. The van der Waals surface area contributed by atoms with E-state index in [1.54, 1.807) is 6.07 Å². The molecule has 0 amide bonds. The van der Waals surface area contributed by atoms with Crippen LogP contribution >= 0.6 is 0 Å². The molecule has 1 radical (unpaired) electrons. The molecule has 0 spiro atoms. The molecule has 0 atom stereocenters. The minimum absolute atomic E-state index is 0. The van der Waals surface area contributed by atoms with E-state index in [9.17, 15) is 13.2 Å². The molecular formula is C61H50F3IrN3O-2. The second-order valence-electron chi connectivity index (χ2n) is 19.2. The van der Waals surface area contributed by atoms with Crippen molar-refractivity contribution in [3.05, 3.63) is 198 Å². The van der Waals surface area contributed by atoms with E-state index in [1.807, 2.05) is 60.8 Å². The van der Waals surface area contributed by atoms with Gasteiger partial charge in [-0.2, -0.15) is 13.2 Å². The van der Waals surface area contributed by atoms with Crippen LogP contribution in [0.5, 0.6) is 0 Å². The molecule has 0 aliphatic carbocycles. The summed E-state index contributed by atoms with van der Waals surface area (Å²) in [5, 5.41) is 5.03. The van der Waals surface area contributed by atoms with E-state index in [1.165, 1.54) is 34.4 Å². The van der Waals surface area contributed by atoms with E-state index in [0.717, 1.165) is 61.2 Å². The van der Waals surface area contributed by atoms with Crippen LogP contribution in [0.4, 0.5) is 13.2 Å². The molecular weight excluding hydrogens is 1040 g/mol. The van der Waals surface area contributed by atoms with Crippen LogP contribution in [0.15, 0.2) is 168 Å². The molecule has 11 aromatic rings. The van der Waals surface area contributed by atoms with Crippen LogP contribution in [0.2, 0.25) is 0 Å². The molecule has 0 fully saturated rings. The van der Waals surface area contributed by atoms with Gasteiger partial charge in [-0.05, 0) is 115 Å². The Morgan fingerprint density at radius 1 is 0.594 bits per heavy atom. The molecule has 8 aromatic carbocycles. The number of hydrogen-bond acceptors (Lipinski definition) is 3. The first kappa shape index (κ1) is 47.2. The third-order valence-corrected chi connectivity index (χ3v) is 12.8. The fourth-order valence-electron chi connectivity index (χ4n) is 9.26. The van der Waals surface area contributed by atoms with E-state index < -0.39 is 11.7 Å². The maximum Gasteiger partial charge on any atom is 0.416 e. The van der Waals surface area contributed by atoms with Gasteiger partial charge in [-0.15, -0.1) is 54.1 Å². The van der Waals surface area contributed by atoms with Gasteiger partial charge in [-0.3, -0.25) is 4.98 Å². The van der Waals surface area contributed by atoms with Gasteiger partial charge in [0.25, 0.3) is 0 Å². The molecule has 0 saturated carbocycles. The van der Waals surface area contributed by atoms with Crippen molar-refractivity contribution in [3.8, 4) is 39.5 Å². The summed E-state index contributed by atoms with van der Waals surface area (Å²) < 4.78 is 49.8. The van der Waals surface area contributed by atoms with Gasteiger partial charge in [0.2, 0.25) is 0 Å². The standard InChI is InChI=1S/C46H34F3N2O.C15H16N.Ir/c1-26(2)37-23-32(28-11-6-5-7-12-28)24-38(27(3)4)42(37)51-43-34-14-9-8-13-29(34)18-20-40(43)50-45(51)36-16-10-15-35-39-22-30-17-19-33(46(47,48)49)21-31(30)25-41(39)52-44(35)36;1-15(2,3)13-9-10-16-14(11-13)12-7-5-4-6-8-12;/h5-15,17-27H,1-4H3;4-7,9-11H,1-3H3;/q2*-1;. The minimum Gasteiger partial charge on any atom is -0.501 e. The topological polar surface area (TPSA) is 43.9 Å². The van der Waals surface area contributed by atoms with Crippen LogP contribution in [-0.2, 0) is 31.7 Å². The Morgan fingerprint density at radius 3 is 2.00 bits per heavy atom. The van der Waals surface area contributed by atoms with Crippen LogP contribution in [0, 0.1) is 12.1 Å². The minimum atomic E-state index is -4.44. The van der Waals surface area contributed by atoms with Gasteiger partial charge in [0.05, 0.1) is 28.0 Å². The van der Waals surface area contributed by atoms with Gasteiger partial charge in [0, 0.05) is 42.8 Å². The summed E-state index contributed by atoms with van der Waals surface area (Å²) in [5.41, 5.74) is 12.2. The van der Waals surface area contributed by atoms with Crippen molar-refractivity contribution in [2.24, 2.45) is 0 Å². The number of halogens is 3. The van der Waals surface area contributed by atoms with Crippen LogP contribution in [0.1, 0.15) is 82.6 Å². The normalized spacial score (nSPS) is 12.1. The fraction of sp³-hybridized carbons (Fsp3) is 0.180. The SMILES string of the molecule is CC(C)(C)c1ccnc(-c2[c-]cccc2)c1.CC(C)c1cc(-c2ccccc2)cc(C(C)C)c1-n1c(-c2[c-]ccc3c2oc2cc4cc(C(F)(F)F)ccc4cc23)nc2ccc3ccccc3c21.[Ir]. The summed E-state index contributed by atoms with van der Waals surface area (Å²) >= 11 is 0. The largest absolute Gasteiger partial charge is 0.501 e. The Hall–Kier alpha value is -6.86. The van der Waals surface area contributed by atoms with E-state index >= 15 is 0 Å². The zero-order chi connectivity index (χ0) is 47.5. The zero-order valence-electron chi connectivity index (χ0n) is 39.5. The summed E-state index contributed by atoms with van der Waals surface area (Å²) in [6.07, 6.45) is -2.57. The smallest absolute Gasteiger partial charge is 0.416 e. The number of alkyl halides is 3. The number of fused-ring (bicyclic) bond motifs is 7. The number of nitrogens with zero attached hydrogens (tertiary/aromatic N) is 3. The second-order valence-corrected chi connectivity index (χ2v) is 19.2. The summed E-state index contributed by atoms with van der Waals surface area (Å²) in [6.45, 7) is 15.6. The molecule has 69 heavy (non-hydrogen) atoms. The number of benzene rings is 8. The van der Waals surface area contributed by atoms with Crippen molar-refractivity contribution < 1.29 is 37.7 Å². The summed E-state index contributed by atoms with van der Waals surface area (Å²) in [4.78, 5) is 9.74. The van der Waals surface area contributed by atoms with Crippen molar-refractivity contribution in [1.82, 2.24) is 14.5 Å². The van der Waals surface area contributed by atoms with Crippen molar-refractivity contribution >= 4 is 54.5 Å². The van der Waals surface area contributed by atoms with Crippen LogP contribution in [0.25, 0.3) is 94.0 Å². The predicted molar refractivity (Wildman–Crippen MR) is 273 cm³/mol. The number of aromatic nitrogens is 3.